The third-order valence-corrected chi connectivity index (χ3v) is 2.26. The third-order valence-electron chi connectivity index (χ3n) is 2.26. The fourth-order valence-corrected chi connectivity index (χ4v) is 1.54. The Kier molecular flexibility index (Phi) is 3.03. The van der Waals surface area contributed by atoms with Crippen molar-refractivity contribution in [2.24, 2.45) is 7.05 Å². The Morgan fingerprint density at radius 2 is 2.12 bits per heavy atom. The van der Waals surface area contributed by atoms with Gasteiger partial charge in [-0.3, -0.25) is 4.68 Å². The molecule has 1 aromatic carbocycles. The fourth-order valence-electron chi connectivity index (χ4n) is 1.54. The van der Waals surface area contributed by atoms with Gasteiger partial charge in [0.15, 0.2) is 5.82 Å². The van der Waals surface area contributed by atoms with Crippen LogP contribution < -0.4 is 4.74 Å². The number of para-hydroxylation sites is 1. The summed E-state index contributed by atoms with van der Waals surface area (Å²) in [5, 5.41) is 4.07. The molecule has 2 rings (SSSR count). The fraction of sp³-hybridized carbons (Fsp3) is 0.273. The number of hydrogen-bond donors (Lipinski definition) is 0. The summed E-state index contributed by atoms with van der Waals surface area (Å²) in [6.45, 7) is -1.16. The molecule has 17 heavy (non-hydrogen) atoms. The maximum atomic E-state index is 12.3. The first-order valence-electron chi connectivity index (χ1n) is 4.98. The van der Waals surface area contributed by atoms with E-state index >= 15 is 0 Å². The highest BCUT2D eigenvalue weighted by molar-refractivity contribution is 5.66. The first-order valence-corrected chi connectivity index (χ1v) is 4.98. The minimum atomic E-state index is -2.86. The number of hydrogen-bond acceptors (Lipinski definition) is 3. The molecule has 0 radical (unpaired) electrons. The average Bonchev–Trinajstić information content (AvgIpc) is 2.67. The lowest BCUT2D eigenvalue weighted by Gasteiger charge is -2.11. The molecule has 4 nitrogen and oxygen atoms in total. The largest absolute Gasteiger partial charge is 0.434 e. The number of rotatable bonds is 3. The van der Waals surface area contributed by atoms with Crippen LogP contribution >= 0.6 is 0 Å². The molecule has 6 heteroatoms. The van der Waals surface area contributed by atoms with Crippen LogP contribution in [0.1, 0.15) is 5.56 Å². The van der Waals surface area contributed by atoms with Crippen LogP contribution in [0.3, 0.4) is 0 Å². The van der Waals surface area contributed by atoms with E-state index in [-0.39, 0.29) is 5.75 Å². The summed E-state index contributed by atoms with van der Waals surface area (Å²) in [4.78, 5) is 4.02. The minimum Gasteiger partial charge on any atom is -0.434 e. The molecule has 0 saturated carbocycles. The lowest BCUT2D eigenvalue weighted by Crippen LogP contribution is -2.05. The van der Waals surface area contributed by atoms with Gasteiger partial charge in [0.25, 0.3) is 0 Å². The lowest BCUT2D eigenvalue weighted by atomic mass is 10.1. The maximum Gasteiger partial charge on any atom is 0.387 e. The van der Waals surface area contributed by atoms with Crippen LogP contribution in [0.15, 0.2) is 24.5 Å². The number of nitrogens with zero attached hydrogens (tertiary/aromatic N) is 3. The Balaban J connectivity index is 2.49. The van der Waals surface area contributed by atoms with Crippen LogP contribution in [0.2, 0.25) is 0 Å². The smallest absolute Gasteiger partial charge is 0.387 e. The number of benzene rings is 1. The number of halogens is 2. The van der Waals surface area contributed by atoms with Gasteiger partial charge in [-0.15, -0.1) is 0 Å². The third kappa shape index (κ3) is 2.41. The first-order chi connectivity index (χ1) is 8.08. The van der Waals surface area contributed by atoms with Gasteiger partial charge in [0.2, 0.25) is 0 Å². The highest BCUT2D eigenvalue weighted by atomic mass is 19.3. The van der Waals surface area contributed by atoms with Gasteiger partial charge in [0, 0.05) is 7.05 Å². The zero-order chi connectivity index (χ0) is 12.4. The van der Waals surface area contributed by atoms with Crippen LogP contribution in [0.5, 0.6) is 5.75 Å². The van der Waals surface area contributed by atoms with E-state index in [0.717, 1.165) is 0 Å². The standard InChI is InChI=1S/C11H11F2N3O/c1-7-4-3-5-8(9(7)17-11(12)13)10-14-6-16(2)15-10/h3-6,11H,1-2H3. The van der Waals surface area contributed by atoms with E-state index in [1.807, 2.05) is 0 Å². The van der Waals surface area contributed by atoms with E-state index in [9.17, 15) is 8.78 Å². The van der Waals surface area contributed by atoms with Crippen LogP contribution in [-0.2, 0) is 7.05 Å². The summed E-state index contributed by atoms with van der Waals surface area (Å²) in [5.41, 5.74) is 1.08. The second-order valence-electron chi connectivity index (χ2n) is 3.57. The molecule has 90 valence electrons. The van der Waals surface area contributed by atoms with Gasteiger partial charge < -0.3 is 4.74 Å². The van der Waals surface area contributed by atoms with E-state index < -0.39 is 6.61 Å². The molecule has 0 bridgehead atoms. The van der Waals surface area contributed by atoms with Gasteiger partial charge in [-0.1, -0.05) is 12.1 Å². The van der Waals surface area contributed by atoms with Gasteiger partial charge in [-0.25, -0.2) is 4.98 Å². The van der Waals surface area contributed by atoms with Crippen LogP contribution in [0, 0.1) is 6.92 Å². The summed E-state index contributed by atoms with van der Waals surface area (Å²) in [7, 11) is 1.71. The van der Waals surface area contributed by atoms with Crippen molar-refractivity contribution in [2.45, 2.75) is 13.5 Å². The molecule has 2 aromatic rings. The van der Waals surface area contributed by atoms with E-state index in [4.69, 9.17) is 0 Å². The molecular weight excluding hydrogens is 228 g/mol. The number of alkyl halides is 2. The van der Waals surface area contributed by atoms with E-state index in [0.29, 0.717) is 17.0 Å². The summed E-state index contributed by atoms with van der Waals surface area (Å²) in [5.74, 6) is 0.487. The zero-order valence-electron chi connectivity index (χ0n) is 9.39. The lowest BCUT2D eigenvalue weighted by molar-refractivity contribution is -0.0499. The molecule has 0 N–H and O–H groups in total. The second-order valence-corrected chi connectivity index (χ2v) is 3.57. The highest BCUT2D eigenvalue weighted by Gasteiger charge is 2.16. The molecule has 1 aromatic heterocycles. The molecule has 0 aliphatic carbocycles. The molecule has 0 fully saturated rings. The van der Waals surface area contributed by atoms with Gasteiger partial charge >= 0.3 is 6.61 Å². The topological polar surface area (TPSA) is 39.9 Å². The average molecular weight is 239 g/mol. The van der Waals surface area contributed by atoms with E-state index in [2.05, 4.69) is 14.8 Å². The summed E-state index contributed by atoms with van der Waals surface area (Å²) >= 11 is 0. The summed E-state index contributed by atoms with van der Waals surface area (Å²) in [6, 6.07) is 5.10. The van der Waals surface area contributed by atoms with Crippen molar-refractivity contribution in [1.82, 2.24) is 14.8 Å². The first kappa shape index (κ1) is 11.5. The van der Waals surface area contributed by atoms with E-state index in [1.54, 1.807) is 32.2 Å². The van der Waals surface area contributed by atoms with Crippen molar-refractivity contribution in [2.75, 3.05) is 0 Å². The Bertz CT molecular complexity index is 525. The molecular formula is C11H11F2N3O. The summed E-state index contributed by atoms with van der Waals surface area (Å²) < 4.78 is 30.7. The predicted molar refractivity (Wildman–Crippen MR) is 57.8 cm³/mol. The van der Waals surface area contributed by atoms with Crippen molar-refractivity contribution < 1.29 is 13.5 Å². The number of aryl methyl sites for hydroxylation is 2. The van der Waals surface area contributed by atoms with Crippen LogP contribution in [0.4, 0.5) is 8.78 Å². The number of ether oxygens (including phenoxy) is 1. The highest BCUT2D eigenvalue weighted by Crippen LogP contribution is 2.31. The maximum absolute atomic E-state index is 12.3. The number of aromatic nitrogens is 3. The predicted octanol–water partition coefficient (Wildman–Crippen LogP) is 2.39. The molecule has 0 aliphatic heterocycles. The molecule has 0 aliphatic rings. The van der Waals surface area contributed by atoms with Gasteiger partial charge in [0.1, 0.15) is 12.1 Å². The van der Waals surface area contributed by atoms with Crippen LogP contribution in [0.25, 0.3) is 11.4 Å². The molecule has 0 unspecified atom stereocenters. The molecule has 1 heterocycles. The van der Waals surface area contributed by atoms with Gasteiger partial charge in [-0.2, -0.15) is 13.9 Å². The van der Waals surface area contributed by atoms with Gasteiger partial charge in [0.05, 0.1) is 5.56 Å². The van der Waals surface area contributed by atoms with Crippen molar-refractivity contribution in [3.8, 4) is 17.1 Å². The molecule has 0 atom stereocenters. The Morgan fingerprint density at radius 1 is 1.35 bits per heavy atom. The Morgan fingerprint density at radius 3 is 2.71 bits per heavy atom. The normalized spacial score (nSPS) is 10.9. The minimum absolute atomic E-state index is 0.119. The van der Waals surface area contributed by atoms with Crippen molar-refractivity contribution in [1.29, 1.82) is 0 Å². The molecule has 0 spiro atoms. The second kappa shape index (κ2) is 4.48. The quantitative estimate of drug-likeness (QED) is 0.825. The molecule has 0 amide bonds. The van der Waals surface area contributed by atoms with Crippen LogP contribution in [-0.4, -0.2) is 21.4 Å². The van der Waals surface area contributed by atoms with Gasteiger partial charge in [-0.05, 0) is 18.6 Å². The monoisotopic (exact) mass is 239 g/mol. The summed E-state index contributed by atoms with van der Waals surface area (Å²) in [6.07, 6.45) is 1.50. The van der Waals surface area contributed by atoms with Crippen molar-refractivity contribution in [3.63, 3.8) is 0 Å². The van der Waals surface area contributed by atoms with Crippen molar-refractivity contribution >= 4 is 0 Å². The van der Waals surface area contributed by atoms with Crippen molar-refractivity contribution in [3.05, 3.63) is 30.1 Å². The SMILES string of the molecule is Cc1cccc(-c2ncn(C)n2)c1OC(F)F. The Labute approximate surface area is 96.9 Å². The van der Waals surface area contributed by atoms with E-state index in [1.165, 1.54) is 11.0 Å². The Hall–Kier alpha value is -1.98. The zero-order valence-corrected chi connectivity index (χ0v) is 9.39. The molecule has 0 saturated heterocycles.